The first kappa shape index (κ1) is 12.7. The number of hydrogen-bond acceptors (Lipinski definition) is 3. The zero-order valence-electron chi connectivity index (χ0n) is 11.6. The van der Waals surface area contributed by atoms with Crippen molar-refractivity contribution >= 4 is 11.0 Å². The van der Waals surface area contributed by atoms with Crippen LogP contribution in [0.2, 0.25) is 0 Å². The van der Waals surface area contributed by atoms with Gasteiger partial charge in [0.05, 0.1) is 17.2 Å². The molecular weight excluding hydrogens is 281 g/mol. The summed E-state index contributed by atoms with van der Waals surface area (Å²) in [5.74, 6) is 0.551. The summed E-state index contributed by atoms with van der Waals surface area (Å²) >= 11 is 0. The average Bonchev–Trinajstić information content (AvgIpc) is 3.14. The maximum atomic E-state index is 12.9. The lowest BCUT2D eigenvalue weighted by Crippen LogP contribution is -2.01. The van der Waals surface area contributed by atoms with Crippen LogP contribution in [-0.4, -0.2) is 25.0 Å². The van der Waals surface area contributed by atoms with E-state index in [0.717, 1.165) is 22.4 Å². The van der Waals surface area contributed by atoms with Crippen LogP contribution in [0.25, 0.3) is 22.3 Å². The van der Waals surface area contributed by atoms with Crippen molar-refractivity contribution in [2.75, 3.05) is 0 Å². The molecule has 2 aromatic heterocycles. The van der Waals surface area contributed by atoms with E-state index in [4.69, 9.17) is 0 Å². The number of para-hydroxylation sites is 2. The van der Waals surface area contributed by atoms with Crippen LogP contribution in [0.15, 0.2) is 54.7 Å². The van der Waals surface area contributed by atoms with E-state index in [9.17, 15) is 4.39 Å². The fourth-order valence-electron chi connectivity index (χ4n) is 2.36. The molecule has 2 aromatic carbocycles. The molecule has 0 saturated heterocycles. The van der Waals surface area contributed by atoms with E-state index < -0.39 is 0 Å². The molecule has 0 amide bonds. The molecule has 22 heavy (non-hydrogen) atoms. The van der Waals surface area contributed by atoms with Gasteiger partial charge in [0.25, 0.3) is 0 Å². The zero-order chi connectivity index (χ0) is 14.9. The van der Waals surface area contributed by atoms with Gasteiger partial charge in [-0.3, -0.25) is 0 Å². The number of rotatable bonds is 3. The Bertz CT molecular complexity index is 890. The molecule has 0 saturated carbocycles. The van der Waals surface area contributed by atoms with Crippen LogP contribution in [0.1, 0.15) is 5.82 Å². The number of nitrogens with zero attached hydrogens (tertiary/aromatic N) is 4. The van der Waals surface area contributed by atoms with Gasteiger partial charge in [0.15, 0.2) is 0 Å². The van der Waals surface area contributed by atoms with Gasteiger partial charge in [-0.1, -0.05) is 17.3 Å². The predicted octanol–water partition coefficient (Wildman–Crippen LogP) is 3.01. The number of aromatic nitrogens is 5. The lowest BCUT2D eigenvalue weighted by atomic mass is 10.2. The highest BCUT2D eigenvalue weighted by Gasteiger charge is 2.07. The topological polar surface area (TPSA) is 59.4 Å². The molecule has 0 atom stereocenters. The van der Waals surface area contributed by atoms with Crippen LogP contribution in [0.4, 0.5) is 4.39 Å². The molecule has 5 nitrogen and oxygen atoms in total. The molecule has 0 spiro atoms. The number of fused-ring (bicyclic) bond motifs is 1. The summed E-state index contributed by atoms with van der Waals surface area (Å²) in [5, 5.41) is 8.21. The van der Waals surface area contributed by atoms with Crippen molar-refractivity contribution in [1.29, 1.82) is 0 Å². The molecule has 0 bridgehead atoms. The Balaban J connectivity index is 1.60. The van der Waals surface area contributed by atoms with E-state index in [-0.39, 0.29) is 5.82 Å². The van der Waals surface area contributed by atoms with Gasteiger partial charge in [-0.2, -0.15) is 0 Å². The minimum Gasteiger partial charge on any atom is -0.340 e. The van der Waals surface area contributed by atoms with Crippen molar-refractivity contribution in [2.24, 2.45) is 0 Å². The smallest absolute Gasteiger partial charge is 0.129 e. The molecular formula is C16H12FN5. The number of nitrogens with one attached hydrogen (secondary N) is 1. The van der Waals surface area contributed by atoms with Crippen LogP contribution >= 0.6 is 0 Å². The number of imidazole rings is 1. The normalized spacial score (nSPS) is 11.1. The van der Waals surface area contributed by atoms with Crippen LogP contribution in [0, 0.1) is 5.82 Å². The lowest BCUT2D eigenvalue weighted by Gasteiger charge is -1.96. The molecule has 0 aliphatic heterocycles. The van der Waals surface area contributed by atoms with Crippen molar-refractivity contribution in [3.05, 3.63) is 66.4 Å². The fraction of sp³-hybridized carbons (Fsp3) is 0.0625. The molecule has 6 heteroatoms. The van der Waals surface area contributed by atoms with Crippen molar-refractivity contribution in [1.82, 2.24) is 25.0 Å². The van der Waals surface area contributed by atoms with E-state index >= 15 is 0 Å². The summed E-state index contributed by atoms with van der Waals surface area (Å²) in [6, 6.07) is 14.1. The summed E-state index contributed by atoms with van der Waals surface area (Å²) in [5.41, 5.74) is 3.46. The molecule has 4 rings (SSSR count). The van der Waals surface area contributed by atoms with Crippen LogP contribution in [0.3, 0.4) is 0 Å². The van der Waals surface area contributed by atoms with Crippen molar-refractivity contribution in [3.8, 4) is 11.3 Å². The van der Waals surface area contributed by atoms with E-state index in [1.165, 1.54) is 12.1 Å². The fourth-order valence-corrected chi connectivity index (χ4v) is 2.36. The summed E-state index contributed by atoms with van der Waals surface area (Å²) < 4.78 is 14.6. The molecule has 2 heterocycles. The highest BCUT2D eigenvalue weighted by atomic mass is 19.1. The quantitative estimate of drug-likeness (QED) is 0.631. The maximum absolute atomic E-state index is 12.9. The molecule has 0 unspecified atom stereocenters. The second-order valence-corrected chi connectivity index (χ2v) is 5.01. The van der Waals surface area contributed by atoms with Crippen LogP contribution in [-0.2, 0) is 6.54 Å². The highest BCUT2D eigenvalue weighted by Crippen LogP contribution is 2.17. The Hall–Kier alpha value is -3.02. The van der Waals surface area contributed by atoms with Gasteiger partial charge in [0.1, 0.15) is 23.9 Å². The number of hydrogen-bond donors (Lipinski definition) is 1. The molecule has 1 N–H and O–H groups in total. The summed E-state index contributed by atoms with van der Waals surface area (Å²) in [6.07, 6.45) is 1.82. The first-order valence-electron chi connectivity index (χ1n) is 6.88. The third-order valence-corrected chi connectivity index (χ3v) is 3.43. The lowest BCUT2D eigenvalue weighted by molar-refractivity contribution is 0.628. The summed E-state index contributed by atoms with van der Waals surface area (Å²) in [4.78, 5) is 7.76. The van der Waals surface area contributed by atoms with Crippen molar-refractivity contribution in [3.63, 3.8) is 0 Å². The van der Waals surface area contributed by atoms with Gasteiger partial charge in [0.2, 0.25) is 0 Å². The summed E-state index contributed by atoms with van der Waals surface area (Å²) in [6.45, 7) is 0.503. The molecule has 0 aliphatic rings. The summed E-state index contributed by atoms with van der Waals surface area (Å²) in [7, 11) is 0. The second kappa shape index (κ2) is 5.07. The van der Waals surface area contributed by atoms with Crippen LogP contribution in [0.5, 0.6) is 0 Å². The SMILES string of the molecule is Fc1ccc(-c2cn(Cc3nc4ccccc4[nH]3)nn2)cc1. The minimum absolute atomic E-state index is 0.265. The van der Waals surface area contributed by atoms with Gasteiger partial charge < -0.3 is 4.98 Å². The molecule has 0 aliphatic carbocycles. The first-order chi connectivity index (χ1) is 10.8. The third kappa shape index (κ3) is 2.35. The van der Waals surface area contributed by atoms with Gasteiger partial charge in [-0.25, -0.2) is 14.1 Å². The Morgan fingerprint density at radius 3 is 2.68 bits per heavy atom. The number of benzene rings is 2. The zero-order valence-corrected chi connectivity index (χ0v) is 11.6. The van der Waals surface area contributed by atoms with Gasteiger partial charge in [-0.05, 0) is 36.4 Å². The monoisotopic (exact) mass is 293 g/mol. The molecule has 4 aromatic rings. The van der Waals surface area contributed by atoms with Gasteiger partial charge in [-0.15, -0.1) is 5.10 Å². The third-order valence-electron chi connectivity index (χ3n) is 3.43. The van der Waals surface area contributed by atoms with Crippen LogP contribution < -0.4 is 0 Å². The Labute approximate surface area is 125 Å². The Kier molecular flexibility index (Phi) is 2.93. The number of H-pyrrole nitrogens is 1. The van der Waals surface area contributed by atoms with E-state index in [1.54, 1.807) is 16.8 Å². The first-order valence-corrected chi connectivity index (χ1v) is 6.88. The largest absolute Gasteiger partial charge is 0.340 e. The maximum Gasteiger partial charge on any atom is 0.129 e. The number of halogens is 1. The predicted molar refractivity (Wildman–Crippen MR) is 80.6 cm³/mol. The Morgan fingerprint density at radius 2 is 1.86 bits per heavy atom. The van der Waals surface area contributed by atoms with Gasteiger partial charge >= 0.3 is 0 Å². The van der Waals surface area contributed by atoms with Crippen molar-refractivity contribution < 1.29 is 4.39 Å². The molecule has 108 valence electrons. The van der Waals surface area contributed by atoms with Crippen molar-refractivity contribution in [2.45, 2.75) is 6.54 Å². The Morgan fingerprint density at radius 1 is 1.05 bits per heavy atom. The van der Waals surface area contributed by atoms with E-state index in [1.807, 2.05) is 30.5 Å². The standard InChI is InChI=1S/C16H12FN5/c17-12-7-5-11(6-8-12)15-9-22(21-20-15)10-16-18-13-3-1-2-4-14(13)19-16/h1-9H,10H2,(H,18,19). The number of aromatic amines is 1. The average molecular weight is 293 g/mol. The molecule has 0 fully saturated rings. The van der Waals surface area contributed by atoms with E-state index in [2.05, 4.69) is 20.3 Å². The van der Waals surface area contributed by atoms with Gasteiger partial charge in [0, 0.05) is 5.56 Å². The van der Waals surface area contributed by atoms with E-state index in [0.29, 0.717) is 12.2 Å². The minimum atomic E-state index is -0.265. The highest BCUT2D eigenvalue weighted by molar-refractivity contribution is 5.74. The molecule has 0 radical (unpaired) electrons. The second-order valence-electron chi connectivity index (χ2n) is 5.01.